The van der Waals surface area contributed by atoms with E-state index in [2.05, 4.69) is 4.72 Å². The van der Waals surface area contributed by atoms with Gasteiger partial charge in [0.2, 0.25) is 0 Å². The molecule has 0 saturated carbocycles. The molecule has 1 amide bonds. The number of ether oxygens (including phenoxy) is 1. The van der Waals surface area contributed by atoms with Crippen molar-refractivity contribution in [2.24, 2.45) is 0 Å². The molecule has 4 rings (SSSR count). The molecule has 0 aliphatic heterocycles. The number of benzene rings is 4. The number of amides is 1. The number of sulfonamides is 1. The number of para-hydroxylation sites is 1. The molecule has 0 unspecified atom stereocenters. The van der Waals surface area contributed by atoms with Crippen LogP contribution in [0.15, 0.2) is 114 Å². The largest absolute Gasteiger partial charge is 0.482 e. The van der Waals surface area contributed by atoms with E-state index in [0.29, 0.717) is 18.8 Å². The quantitative estimate of drug-likeness (QED) is 0.289. The molecule has 4 aromatic rings. The summed E-state index contributed by atoms with van der Waals surface area (Å²) in [6, 6.07) is 32.1. The maximum atomic E-state index is 13.1. The van der Waals surface area contributed by atoms with Gasteiger partial charge >= 0.3 is 0 Å². The molecule has 6 nitrogen and oxygen atoms in total. The minimum absolute atomic E-state index is 0.00943. The van der Waals surface area contributed by atoms with E-state index in [9.17, 15) is 13.2 Å². The first kappa shape index (κ1) is 25.3. The number of rotatable bonds is 10. The molecule has 0 radical (unpaired) electrons. The van der Waals surface area contributed by atoms with Crippen LogP contribution in [0.25, 0.3) is 0 Å². The summed E-state index contributed by atoms with van der Waals surface area (Å²) in [6.07, 6.45) is 0. The Bertz CT molecular complexity index is 1360. The monoisotopic (exact) mass is 520 g/mol. The fourth-order valence-corrected chi connectivity index (χ4v) is 4.94. The van der Waals surface area contributed by atoms with Crippen LogP contribution >= 0.6 is 11.6 Å². The smallest absolute Gasteiger partial charge is 0.261 e. The first-order chi connectivity index (χ1) is 17.4. The van der Waals surface area contributed by atoms with E-state index in [0.717, 1.165) is 11.1 Å². The van der Waals surface area contributed by atoms with Gasteiger partial charge in [-0.05, 0) is 41.5 Å². The lowest BCUT2D eigenvalue weighted by Gasteiger charge is -2.23. The summed E-state index contributed by atoms with van der Waals surface area (Å²) in [7, 11) is -3.83. The molecular weight excluding hydrogens is 496 g/mol. The second-order valence-corrected chi connectivity index (χ2v) is 10.2. The zero-order chi connectivity index (χ0) is 25.4. The topological polar surface area (TPSA) is 75.7 Å². The number of anilines is 1. The van der Waals surface area contributed by atoms with Crippen LogP contribution in [0.5, 0.6) is 5.75 Å². The first-order valence-corrected chi connectivity index (χ1v) is 13.1. The number of carbonyl (C=O) groups excluding carboxylic acids is 1. The fourth-order valence-electron chi connectivity index (χ4n) is 3.56. The lowest BCUT2D eigenvalue weighted by atomic mass is 10.1. The highest BCUT2D eigenvalue weighted by molar-refractivity contribution is 7.92. The molecule has 184 valence electrons. The fraction of sp³-hybridized carbons (Fsp3) is 0.107. The van der Waals surface area contributed by atoms with Crippen LogP contribution < -0.4 is 9.46 Å². The van der Waals surface area contributed by atoms with E-state index in [-0.39, 0.29) is 28.2 Å². The third-order valence-electron chi connectivity index (χ3n) is 5.38. The van der Waals surface area contributed by atoms with E-state index < -0.39 is 10.0 Å². The maximum Gasteiger partial charge on any atom is 0.261 e. The summed E-state index contributed by atoms with van der Waals surface area (Å²) >= 11 is 6.32. The van der Waals surface area contributed by atoms with Crippen LogP contribution in [0.1, 0.15) is 11.1 Å². The van der Waals surface area contributed by atoms with Gasteiger partial charge in [0, 0.05) is 18.8 Å². The molecule has 0 fully saturated rings. The average Bonchev–Trinajstić information content (AvgIpc) is 2.89. The van der Waals surface area contributed by atoms with Crippen LogP contribution in [0.3, 0.4) is 0 Å². The Kier molecular flexibility index (Phi) is 8.25. The van der Waals surface area contributed by atoms with Crippen molar-refractivity contribution in [3.63, 3.8) is 0 Å². The molecule has 0 bridgehead atoms. The second-order valence-electron chi connectivity index (χ2n) is 8.07. The van der Waals surface area contributed by atoms with Gasteiger partial charge < -0.3 is 9.64 Å². The Balaban J connectivity index is 1.44. The number of carbonyl (C=O) groups is 1. The Morgan fingerprint density at radius 2 is 1.31 bits per heavy atom. The summed E-state index contributed by atoms with van der Waals surface area (Å²) in [5.41, 5.74) is 2.44. The summed E-state index contributed by atoms with van der Waals surface area (Å²) in [5.74, 6) is 0.00395. The third-order valence-corrected chi connectivity index (χ3v) is 7.05. The highest BCUT2D eigenvalue weighted by Crippen LogP contribution is 2.28. The molecular formula is C28H25ClN2O4S. The second kappa shape index (κ2) is 11.7. The minimum Gasteiger partial charge on any atom is -0.482 e. The maximum absolute atomic E-state index is 13.1. The van der Waals surface area contributed by atoms with Crippen LogP contribution in [0.2, 0.25) is 5.02 Å². The van der Waals surface area contributed by atoms with E-state index in [1.807, 2.05) is 60.7 Å². The average molecular weight is 521 g/mol. The number of hydrogen-bond acceptors (Lipinski definition) is 4. The molecule has 0 aliphatic rings. The Hall–Kier alpha value is -3.81. The molecule has 0 atom stereocenters. The lowest BCUT2D eigenvalue weighted by Crippen LogP contribution is -2.34. The zero-order valence-electron chi connectivity index (χ0n) is 19.4. The summed E-state index contributed by atoms with van der Waals surface area (Å²) in [5, 5.41) is 0.0939. The van der Waals surface area contributed by atoms with Crippen molar-refractivity contribution in [1.82, 2.24) is 4.90 Å². The van der Waals surface area contributed by atoms with Gasteiger partial charge in [0.1, 0.15) is 5.75 Å². The van der Waals surface area contributed by atoms with Crippen LogP contribution in [0, 0.1) is 0 Å². The van der Waals surface area contributed by atoms with Crippen molar-refractivity contribution in [3.05, 3.63) is 125 Å². The number of halogens is 1. The molecule has 0 heterocycles. The SMILES string of the molecule is O=C(COc1ccc(S(=O)(=O)Nc2ccccc2)cc1Cl)N(Cc1ccccc1)Cc1ccccc1. The predicted octanol–water partition coefficient (Wildman–Crippen LogP) is 5.75. The van der Waals surface area contributed by atoms with Crippen LogP contribution in [0.4, 0.5) is 5.69 Å². The number of nitrogens with zero attached hydrogens (tertiary/aromatic N) is 1. The molecule has 8 heteroatoms. The van der Waals surface area contributed by atoms with Crippen molar-refractivity contribution < 1.29 is 17.9 Å². The normalized spacial score (nSPS) is 11.0. The van der Waals surface area contributed by atoms with Crippen molar-refractivity contribution in [2.45, 2.75) is 18.0 Å². The standard InChI is InChI=1S/C28H25ClN2O4S/c29-26-18-25(36(33,34)30-24-14-8-3-9-15-24)16-17-27(26)35-21-28(32)31(19-22-10-4-1-5-11-22)20-23-12-6-2-7-13-23/h1-18,30H,19-21H2. The van der Waals surface area contributed by atoms with E-state index in [1.165, 1.54) is 18.2 Å². The van der Waals surface area contributed by atoms with Crippen molar-refractivity contribution >= 4 is 33.2 Å². The first-order valence-electron chi connectivity index (χ1n) is 11.3. The summed E-state index contributed by atoms with van der Waals surface area (Å²) in [6.45, 7) is 0.607. The third kappa shape index (κ3) is 6.87. The highest BCUT2D eigenvalue weighted by atomic mass is 35.5. The molecule has 0 aromatic heterocycles. The van der Waals surface area contributed by atoms with Crippen molar-refractivity contribution in [3.8, 4) is 5.75 Å². The van der Waals surface area contributed by atoms with Gasteiger partial charge in [0.05, 0.1) is 9.92 Å². The summed E-state index contributed by atoms with van der Waals surface area (Å²) < 4.78 is 33.6. The molecule has 36 heavy (non-hydrogen) atoms. The lowest BCUT2D eigenvalue weighted by molar-refractivity contribution is -0.134. The van der Waals surface area contributed by atoms with E-state index >= 15 is 0 Å². The Labute approximate surface area is 216 Å². The molecule has 1 N–H and O–H groups in total. The van der Waals surface area contributed by atoms with Gasteiger partial charge in [0.15, 0.2) is 6.61 Å². The van der Waals surface area contributed by atoms with Gasteiger partial charge in [-0.1, -0.05) is 90.5 Å². The van der Waals surface area contributed by atoms with Crippen LogP contribution in [-0.4, -0.2) is 25.8 Å². The molecule has 0 spiro atoms. The Morgan fingerprint density at radius 3 is 1.83 bits per heavy atom. The van der Waals surface area contributed by atoms with Gasteiger partial charge in [0.25, 0.3) is 15.9 Å². The van der Waals surface area contributed by atoms with Crippen molar-refractivity contribution in [2.75, 3.05) is 11.3 Å². The predicted molar refractivity (Wildman–Crippen MR) is 141 cm³/mol. The van der Waals surface area contributed by atoms with E-state index in [1.54, 1.807) is 35.2 Å². The van der Waals surface area contributed by atoms with E-state index in [4.69, 9.17) is 16.3 Å². The van der Waals surface area contributed by atoms with Gasteiger partial charge in [-0.15, -0.1) is 0 Å². The molecule has 0 aliphatic carbocycles. The van der Waals surface area contributed by atoms with Gasteiger partial charge in [-0.3, -0.25) is 9.52 Å². The van der Waals surface area contributed by atoms with Crippen LogP contribution in [-0.2, 0) is 27.9 Å². The zero-order valence-corrected chi connectivity index (χ0v) is 21.0. The highest BCUT2D eigenvalue weighted by Gasteiger charge is 2.19. The molecule has 0 saturated heterocycles. The van der Waals surface area contributed by atoms with Gasteiger partial charge in [-0.25, -0.2) is 8.42 Å². The van der Waals surface area contributed by atoms with Gasteiger partial charge in [-0.2, -0.15) is 0 Å². The minimum atomic E-state index is -3.83. The number of nitrogens with one attached hydrogen (secondary N) is 1. The number of hydrogen-bond donors (Lipinski definition) is 1. The summed E-state index contributed by atoms with van der Waals surface area (Å²) in [4.78, 5) is 14.8. The van der Waals surface area contributed by atoms with Crippen molar-refractivity contribution in [1.29, 1.82) is 0 Å². The molecule has 4 aromatic carbocycles. The Morgan fingerprint density at radius 1 is 0.778 bits per heavy atom.